The third-order valence-corrected chi connectivity index (χ3v) is 2.41. The monoisotopic (exact) mass is 271 g/mol. The number of fused-ring (bicyclic) bond motifs is 1. The van der Waals surface area contributed by atoms with Crippen molar-refractivity contribution >= 4 is 26.7 Å². The van der Waals surface area contributed by atoms with Gasteiger partial charge in [-0.25, -0.2) is 0 Å². The second-order valence-electron chi connectivity index (χ2n) is 3.01. The Labute approximate surface area is 94.8 Å². The number of hydrogen-bond acceptors (Lipinski definition) is 3. The second-order valence-corrected chi connectivity index (χ2v) is 3.80. The van der Waals surface area contributed by atoms with Gasteiger partial charge in [-0.1, -0.05) is 28.1 Å². The van der Waals surface area contributed by atoms with Crippen LogP contribution in [0.15, 0.2) is 24.3 Å². The van der Waals surface area contributed by atoms with Crippen LogP contribution in [0.1, 0.15) is 0 Å². The van der Waals surface area contributed by atoms with Gasteiger partial charge in [-0.05, 0) is 12.1 Å². The number of halogens is 1. The average molecular weight is 272 g/mol. The van der Waals surface area contributed by atoms with Crippen LogP contribution in [0.5, 0.6) is 11.8 Å². The van der Waals surface area contributed by atoms with Gasteiger partial charge in [0.25, 0.3) is 0 Å². The van der Waals surface area contributed by atoms with Crippen LogP contribution in [0.3, 0.4) is 0 Å². The van der Waals surface area contributed by atoms with E-state index in [9.17, 15) is 10.2 Å². The first-order valence-corrected chi connectivity index (χ1v) is 5.58. The summed E-state index contributed by atoms with van der Waals surface area (Å²) in [5.74, 6) is -0.159. The molecule has 0 unspecified atom stereocenters. The Morgan fingerprint density at radius 2 is 1.67 bits per heavy atom. The Balaban J connectivity index is 2.54. The first kappa shape index (κ1) is 10.2. The van der Waals surface area contributed by atoms with Crippen LogP contribution in [0.2, 0.25) is 0 Å². The standard InChI is InChI=1S/C10H10BrNO3/c11-5-6-15-12-9(13)7-3-1-2-4-8(7)10(12)14/h1-4,13-14H,5-6H2. The van der Waals surface area contributed by atoms with Crippen molar-refractivity contribution < 1.29 is 15.1 Å². The van der Waals surface area contributed by atoms with Crippen molar-refractivity contribution in [2.45, 2.75) is 0 Å². The maximum Gasteiger partial charge on any atom is 0.237 e. The van der Waals surface area contributed by atoms with Gasteiger partial charge in [0.05, 0.1) is 10.8 Å². The van der Waals surface area contributed by atoms with E-state index in [1.807, 2.05) is 0 Å². The number of rotatable bonds is 3. The number of aromatic nitrogens is 1. The minimum absolute atomic E-state index is 0.0796. The van der Waals surface area contributed by atoms with Crippen LogP contribution in [0, 0.1) is 0 Å². The largest absolute Gasteiger partial charge is 0.492 e. The van der Waals surface area contributed by atoms with Crippen molar-refractivity contribution in [3.8, 4) is 11.8 Å². The number of alkyl halides is 1. The molecule has 0 fully saturated rings. The van der Waals surface area contributed by atoms with E-state index in [0.29, 0.717) is 22.7 Å². The van der Waals surface area contributed by atoms with E-state index in [1.165, 1.54) is 0 Å². The van der Waals surface area contributed by atoms with Crippen molar-refractivity contribution in [3.63, 3.8) is 0 Å². The summed E-state index contributed by atoms with van der Waals surface area (Å²) in [4.78, 5) is 5.17. The van der Waals surface area contributed by atoms with E-state index in [-0.39, 0.29) is 11.8 Å². The summed E-state index contributed by atoms with van der Waals surface area (Å²) >= 11 is 3.20. The van der Waals surface area contributed by atoms with Crippen molar-refractivity contribution in [1.82, 2.24) is 4.73 Å². The second kappa shape index (κ2) is 4.02. The van der Waals surface area contributed by atoms with Gasteiger partial charge in [0.1, 0.15) is 6.61 Å². The minimum Gasteiger partial charge on any atom is -0.492 e. The highest BCUT2D eigenvalue weighted by molar-refractivity contribution is 9.09. The zero-order chi connectivity index (χ0) is 10.8. The lowest BCUT2D eigenvalue weighted by atomic mass is 10.2. The minimum atomic E-state index is -0.0796. The number of benzene rings is 1. The van der Waals surface area contributed by atoms with Gasteiger partial charge in [0.2, 0.25) is 11.8 Å². The van der Waals surface area contributed by atoms with Gasteiger partial charge in [0.15, 0.2) is 0 Å². The molecule has 0 aliphatic carbocycles. The van der Waals surface area contributed by atoms with Gasteiger partial charge >= 0.3 is 0 Å². The van der Waals surface area contributed by atoms with Crippen molar-refractivity contribution in [1.29, 1.82) is 0 Å². The molecule has 0 aliphatic rings. The summed E-state index contributed by atoms with van der Waals surface area (Å²) in [6, 6.07) is 7.02. The molecule has 2 rings (SSSR count). The molecule has 5 heteroatoms. The summed E-state index contributed by atoms with van der Waals surface area (Å²) in [6.07, 6.45) is 0. The van der Waals surface area contributed by atoms with Crippen molar-refractivity contribution in [2.24, 2.45) is 0 Å². The van der Waals surface area contributed by atoms with Crippen molar-refractivity contribution in [2.75, 3.05) is 11.9 Å². The molecule has 0 amide bonds. The van der Waals surface area contributed by atoms with E-state index in [4.69, 9.17) is 4.84 Å². The molecule has 2 aromatic rings. The van der Waals surface area contributed by atoms with Crippen LogP contribution in [0.25, 0.3) is 10.8 Å². The third kappa shape index (κ3) is 1.63. The highest BCUT2D eigenvalue weighted by Crippen LogP contribution is 2.34. The van der Waals surface area contributed by atoms with E-state index < -0.39 is 0 Å². The summed E-state index contributed by atoms with van der Waals surface area (Å²) in [5.41, 5.74) is 0. The molecule has 15 heavy (non-hydrogen) atoms. The Morgan fingerprint density at radius 3 is 2.13 bits per heavy atom. The van der Waals surface area contributed by atoms with Crippen LogP contribution in [-0.2, 0) is 0 Å². The SMILES string of the molecule is Oc1c2ccccc2c(O)n1OCCBr. The topological polar surface area (TPSA) is 54.6 Å². The molecule has 0 saturated heterocycles. The van der Waals surface area contributed by atoms with Gasteiger partial charge in [-0.15, -0.1) is 4.73 Å². The Morgan fingerprint density at radius 1 is 1.13 bits per heavy atom. The molecular formula is C10H10BrNO3. The van der Waals surface area contributed by atoms with Gasteiger partial charge < -0.3 is 15.1 Å². The fourth-order valence-corrected chi connectivity index (χ4v) is 1.59. The van der Waals surface area contributed by atoms with E-state index in [1.54, 1.807) is 24.3 Å². The van der Waals surface area contributed by atoms with Gasteiger partial charge in [-0.3, -0.25) is 0 Å². The number of hydrogen-bond donors (Lipinski definition) is 2. The summed E-state index contributed by atoms with van der Waals surface area (Å²) < 4.78 is 1.03. The maximum atomic E-state index is 9.76. The molecule has 0 saturated carbocycles. The molecule has 4 nitrogen and oxygen atoms in total. The molecule has 80 valence electrons. The molecule has 1 aromatic heterocycles. The number of aromatic hydroxyl groups is 2. The molecule has 0 radical (unpaired) electrons. The van der Waals surface area contributed by atoms with Crippen molar-refractivity contribution in [3.05, 3.63) is 24.3 Å². The fourth-order valence-electron chi connectivity index (χ4n) is 1.44. The van der Waals surface area contributed by atoms with E-state index in [0.717, 1.165) is 4.73 Å². The predicted molar refractivity (Wildman–Crippen MR) is 60.5 cm³/mol. The first-order chi connectivity index (χ1) is 7.25. The van der Waals surface area contributed by atoms with Crippen LogP contribution >= 0.6 is 15.9 Å². The lowest BCUT2D eigenvalue weighted by Gasteiger charge is -2.06. The average Bonchev–Trinajstić information content (AvgIpc) is 2.51. The normalized spacial score (nSPS) is 10.7. The highest BCUT2D eigenvalue weighted by atomic mass is 79.9. The Kier molecular flexibility index (Phi) is 2.73. The molecule has 1 heterocycles. The molecule has 2 N–H and O–H groups in total. The summed E-state index contributed by atoms with van der Waals surface area (Å²) in [5, 5.41) is 21.3. The van der Waals surface area contributed by atoms with Crippen LogP contribution in [0.4, 0.5) is 0 Å². The maximum absolute atomic E-state index is 9.76. The lowest BCUT2D eigenvalue weighted by molar-refractivity contribution is 0.0881. The highest BCUT2D eigenvalue weighted by Gasteiger charge is 2.15. The van der Waals surface area contributed by atoms with E-state index >= 15 is 0 Å². The zero-order valence-corrected chi connectivity index (χ0v) is 9.44. The summed E-state index contributed by atoms with van der Waals surface area (Å²) in [6.45, 7) is 0.363. The summed E-state index contributed by atoms with van der Waals surface area (Å²) in [7, 11) is 0. The smallest absolute Gasteiger partial charge is 0.237 e. The van der Waals surface area contributed by atoms with Gasteiger partial charge in [-0.2, -0.15) is 0 Å². The molecule has 1 aromatic carbocycles. The van der Waals surface area contributed by atoms with E-state index in [2.05, 4.69) is 15.9 Å². The first-order valence-electron chi connectivity index (χ1n) is 4.46. The number of nitrogens with zero attached hydrogens (tertiary/aromatic N) is 1. The van der Waals surface area contributed by atoms with Crippen LogP contribution < -0.4 is 4.84 Å². The Hall–Kier alpha value is -1.36. The predicted octanol–water partition coefficient (Wildman–Crippen LogP) is 1.88. The van der Waals surface area contributed by atoms with Crippen LogP contribution in [-0.4, -0.2) is 26.9 Å². The molecule has 0 spiro atoms. The Bertz CT molecular complexity index is 442. The third-order valence-electron chi connectivity index (χ3n) is 2.09. The molecule has 0 atom stereocenters. The fraction of sp³-hybridized carbons (Fsp3) is 0.200. The molecule has 0 bridgehead atoms. The molecular weight excluding hydrogens is 262 g/mol. The lowest BCUT2D eigenvalue weighted by Crippen LogP contribution is -2.12. The van der Waals surface area contributed by atoms with Gasteiger partial charge in [0, 0.05) is 5.33 Å². The zero-order valence-electron chi connectivity index (χ0n) is 7.85. The quantitative estimate of drug-likeness (QED) is 0.839. The molecule has 0 aliphatic heterocycles.